The topological polar surface area (TPSA) is 46.0 Å². The van der Waals surface area contributed by atoms with E-state index in [9.17, 15) is 0 Å². The van der Waals surface area contributed by atoms with Crippen molar-refractivity contribution in [2.45, 2.75) is 32.4 Å². The van der Waals surface area contributed by atoms with Crippen LogP contribution in [0, 0.1) is 0 Å². The van der Waals surface area contributed by atoms with Crippen LogP contribution in [-0.4, -0.2) is 28.1 Å². The number of anilines is 1. The Kier molecular flexibility index (Phi) is 4.20. The summed E-state index contributed by atoms with van der Waals surface area (Å²) in [5.41, 5.74) is 3.90. The minimum atomic E-state index is 0.396. The molecule has 1 aliphatic rings. The van der Waals surface area contributed by atoms with Gasteiger partial charge in [-0.1, -0.05) is 23.4 Å². The van der Waals surface area contributed by atoms with E-state index in [-0.39, 0.29) is 0 Å². The molecule has 0 saturated carbocycles. The highest BCUT2D eigenvalue weighted by Gasteiger charge is 2.21. The summed E-state index contributed by atoms with van der Waals surface area (Å²) in [6.07, 6.45) is 4.20. The molecule has 5 heteroatoms. The van der Waals surface area contributed by atoms with Crippen LogP contribution >= 0.6 is 0 Å². The highest BCUT2D eigenvalue weighted by molar-refractivity contribution is 5.55. The molecule has 2 heterocycles. The summed E-state index contributed by atoms with van der Waals surface area (Å²) >= 11 is 0. The molecule has 3 rings (SSSR count). The summed E-state index contributed by atoms with van der Waals surface area (Å²) in [6, 6.07) is 9.16. The van der Waals surface area contributed by atoms with Crippen molar-refractivity contribution in [3.63, 3.8) is 0 Å². The van der Waals surface area contributed by atoms with Crippen molar-refractivity contribution in [1.82, 2.24) is 20.3 Å². The standard InChI is InChI=1S/C16H23N5/c1-3-21-10-6-8-15(14-7-4-5-9-16(14)21)17-11-13-12-18-19-20(13)2/h4-5,7,9,12,15,17H,3,6,8,10-11H2,1-2H3. The van der Waals surface area contributed by atoms with Gasteiger partial charge in [-0.05, 0) is 31.4 Å². The number of nitrogens with one attached hydrogen (secondary N) is 1. The Labute approximate surface area is 126 Å². The largest absolute Gasteiger partial charge is 0.372 e. The van der Waals surface area contributed by atoms with E-state index >= 15 is 0 Å². The Balaban J connectivity index is 1.80. The van der Waals surface area contributed by atoms with Gasteiger partial charge in [-0.2, -0.15) is 0 Å². The van der Waals surface area contributed by atoms with Crippen molar-refractivity contribution in [1.29, 1.82) is 0 Å². The lowest BCUT2D eigenvalue weighted by atomic mass is 10.0. The van der Waals surface area contributed by atoms with Crippen molar-refractivity contribution in [2.75, 3.05) is 18.0 Å². The lowest BCUT2D eigenvalue weighted by Gasteiger charge is -2.24. The zero-order valence-electron chi connectivity index (χ0n) is 12.8. The Morgan fingerprint density at radius 2 is 2.19 bits per heavy atom. The Morgan fingerprint density at radius 3 is 2.95 bits per heavy atom. The van der Waals surface area contributed by atoms with E-state index in [4.69, 9.17) is 0 Å². The quantitative estimate of drug-likeness (QED) is 0.936. The molecule has 5 nitrogen and oxygen atoms in total. The van der Waals surface area contributed by atoms with E-state index in [2.05, 4.69) is 51.7 Å². The van der Waals surface area contributed by atoms with Crippen LogP contribution in [0.25, 0.3) is 0 Å². The van der Waals surface area contributed by atoms with Gasteiger partial charge < -0.3 is 10.2 Å². The lowest BCUT2D eigenvalue weighted by Crippen LogP contribution is -2.24. The number of aromatic nitrogens is 3. The number of hydrogen-bond acceptors (Lipinski definition) is 4. The van der Waals surface area contributed by atoms with Crippen LogP contribution < -0.4 is 10.2 Å². The molecule has 1 N–H and O–H groups in total. The van der Waals surface area contributed by atoms with Gasteiger partial charge in [-0.15, -0.1) is 5.10 Å². The molecule has 0 spiro atoms. The number of aryl methyl sites for hydroxylation is 1. The van der Waals surface area contributed by atoms with E-state index in [1.165, 1.54) is 24.1 Å². The van der Waals surface area contributed by atoms with Gasteiger partial charge in [0.05, 0.1) is 11.9 Å². The molecule has 0 bridgehead atoms. The average Bonchev–Trinajstić information content (AvgIpc) is 2.83. The third-order valence-corrected chi connectivity index (χ3v) is 4.29. The first-order valence-electron chi connectivity index (χ1n) is 7.70. The van der Waals surface area contributed by atoms with E-state index in [0.29, 0.717) is 6.04 Å². The van der Waals surface area contributed by atoms with E-state index in [0.717, 1.165) is 25.3 Å². The number of rotatable bonds is 4. The summed E-state index contributed by atoms with van der Waals surface area (Å²) in [5, 5.41) is 11.6. The summed E-state index contributed by atoms with van der Waals surface area (Å²) in [7, 11) is 1.93. The summed E-state index contributed by atoms with van der Waals surface area (Å²) in [5.74, 6) is 0. The summed E-state index contributed by atoms with van der Waals surface area (Å²) in [4.78, 5) is 2.47. The minimum absolute atomic E-state index is 0.396. The fourth-order valence-corrected chi connectivity index (χ4v) is 3.07. The zero-order chi connectivity index (χ0) is 14.7. The predicted molar refractivity (Wildman–Crippen MR) is 84.1 cm³/mol. The molecule has 1 unspecified atom stereocenters. The van der Waals surface area contributed by atoms with Gasteiger partial charge in [0.25, 0.3) is 0 Å². The average molecular weight is 285 g/mol. The molecular formula is C16H23N5. The second kappa shape index (κ2) is 6.26. The van der Waals surface area contributed by atoms with Crippen LogP contribution in [0.2, 0.25) is 0 Å². The minimum Gasteiger partial charge on any atom is -0.372 e. The molecule has 0 fully saturated rings. The second-order valence-electron chi connectivity index (χ2n) is 5.56. The molecule has 0 aliphatic carbocycles. The summed E-state index contributed by atoms with van der Waals surface area (Å²) < 4.78 is 1.83. The van der Waals surface area contributed by atoms with Crippen molar-refractivity contribution < 1.29 is 0 Å². The van der Waals surface area contributed by atoms with Crippen LogP contribution in [0.4, 0.5) is 5.69 Å². The molecule has 0 saturated heterocycles. The van der Waals surface area contributed by atoms with Gasteiger partial charge >= 0.3 is 0 Å². The number of fused-ring (bicyclic) bond motifs is 1. The van der Waals surface area contributed by atoms with Crippen LogP contribution in [-0.2, 0) is 13.6 Å². The van der Waals surface area contributed by atoms with Gasteiger partial charge in [0, 0.05) is 38.4 Å². The first kappa shape index (κ1) is 14.1. The molecule has 21 heavy (non-hydrogen) atoms. The van der Waals surface area contributed by atoms with Gasteiger partial charge in [0.1, 0.15) is 0 Å². The second-order valence-corrected chi connectivity index (χ2v) is 5.56. The number of benzene rings is 1. The van der Waals surface area contributed by atoms with Crippen LogP contribution in [0.1, 0.15) is 37.1 Å². The van der Waals surface area contributed by atoms with Gasteiger partial charge in [0.2, 0.25) is 0 Å². The lowest BCUT2D eigenvalue weighted by molar-refractivity contribution is 0.483. The molecule has 112 valence electrons. The molecule has 0 radical (unpaired) electrons. The van der Waals surface area contributed by atoms with Gasteiger partial charge in [-0.3, -0.25) is 4.68 Å². The maximum Gasteiger partial charge on any atom is 0.0738 e. The molecule has 1 atom stereocenters. The Hall–Kier alpha value is -1.88. The number of para-hydroxylation sites is 1. The number of hydrogen-bond donors (Lipinski definition) is 1. The molecule has 1 aromatic carbocycles. The number of nitrogens with zero attached hydrogens (tertiary/aromatic N) is 4. The fraction of sp³-hybridized carbons (Fsp3) is 0.500. The molecule has 1 aromatic heterocycles. The maximum absolute atomic E-state index is 3.99. The SMILES string of the molecule is CCN1CCCC(NCc2cnnn2C)c2ccccc21. The first-order chi connectivity index (χ1) is 10.3. The predicted octanol–water partition coefficient (Wildman–Crippen LogP) is 2.27. The monoisotopic (exact) mass is 285 g/mol. The van der Waals surface area contributed by atoms with E-state index < -0.39 is 0 Å². The zero-order valence-corrected chi connectivity index (χ0v) is 12.8. The van der Waals surface area contributed by atoms with E-state index in [1.54, 1.807) is 0 Å². The smallest absolute Gasteiger partial charge is 0.0738 e. The molecule has 2 aromatic rings. The Morgan fingerprint density at radius 1 is 1.33 bits per heavy atom. The summed E-state index contributed by atoms with van der Waals surface area (Å²) in [6.45, 7) is 5.23. The fourth-order valence-electron chi connectivity index (χ4n) is 3.07. The molecular weight excluding hydrogens is 262 g/mol. The highest BCUT2D eigenvalue weighted by atomic mass is 15.4. The molecule has 0 amide bonds. The highest BCUT2D eigenvalue weighted by Crippen LogP contribution is 2.32. The van der Waals surface area contributed by atoms with Crippen LogP contribution in [0.5, 0.6) is 0 Å². The van der Waals surface area contributed by atoms with Gasteiger partial charge in [0.15, 0.2) is 0 Å². The van der Waals surface area contributed by atoms with Crippen molar-refractivity contribution in [3.8, 4) is 0 Å². The molecule has 1 aliphatic heterocycles. The normalized spacial score (nSPS) is 18.4. The van der Waals surface area contributed by atoms with Crippen molar-refractivity contribution in [2.24, 2.45) is 7.05 Å². The third-order valence-electron chi connectivity index (χ3n) is 4.29. The van der Waals surface area contributed by atoms with Crippen LogP contribution in [0.15, 0.2) is 30.5 Å². The van der Waals surface area contributed by atoms with E-state index in [1.807, 2.05) is 17.9 Å². The Bertz CT molecular complexity index is 592. The van der Waals surface area contributed by atoms with Gasteiger partial charge in [-0.25, -0.2) is 0 Å². The first-order valence-corrected chi connectivity index (χ1v) is 7.70. The van der Waals surface area contributed by atoms with Crippen molar-refractivity contribution in [3.05, 3.63) is 41.7 Å². The van der Waals surface area contributed by atoms with Crippen molar-refractivity contribution >= 4 is 5.69 Å². The van der Waals surface area contributed by atoms with Crippen LogP contribution in [0.3, 0.4) is 0 Å². The third kappa shape index (κ3) is 2.93. The maximum atomic E-state index is 3.99.